The Labute approximate surface area is 175 Å². The summed E-state index contributed by atoms with van der Waals surface area (Å²) in [5.41, 5.74) is 0.827. The summed E-state index contributed by atoms with van der Waals surface area (Å²) in [6.45, 7) is 2.83. The van der Waals surface area contributed by atoms with Gasteiger partial charge in [-0.1, -0.05) is 18.2 Å². The van der Waals surface area contributed by atoms with Crippen molar-refractivity contribution in [1.29, 1.82) is 0 Å². The largest absolute Gasteiger partial charge is 0.493 e. The maximum absolute atomic E-state index is 13.5. The van der Waals surface area contributed by atoms with Gasteiger partial charge in [-0.25, -0.2) is 4.39 Å². The number of carbonyl (C=O) groups is 2. The lowest BCUT2D eigenvalue weighted by atomic mass is 10.2. The third kappa shape index (κ3) is 7.62. The van der Waals surface area contributed by atoms with E-state index in [-0.39, 0.29) is 37.2 Å². The lowest BCUT2D eigenvalue weighted by Gasteiger charge is -2.12. The molecule has 30 heavy (non-hydrogen) atoms. The molecule has 0 fully saturated rings. The van der Waals surface area contributed by atoms with E-state index >= 15 is 0 Å². The average molecular weight is 418 g/mol. The molecule has 0 saturated carbocycles. The molecule has 162 valence electrons. The minimum Gasteiger partial charge on any atom is -0.493 e. The molecule has 0 aliphatic carbocycles. The number of amides is 2. The number of nitrogens with one attached hydrogen (secondary N) is 2. The van der Waals surface area contributed by atoms with Crippen molar-refractivity contribution >= 4 is 11.8 Å². The van der Waals surface area contributed by atoms with E-state index < -0.39 is 5.82 Å². The molecule has 0 heterocycles. The summed E-state index contributed by atoms with van der Waals surface area (Å²) in [6, 6.07) is 11.4. The fraction of sp³-hybridized carbons (Fsp3) is 0.364. The molecule has 0 saturated heterocycles. The summed E-state index contributed by atoms with van der Waals surface area (Å²) >= 11 is 0. The van der Waals surface area contributed by atoms with E-state index in [2.05, 4.69) is 10.6 Å². The fourth-order valence-corrected chi connectivity index (χ4v) is 2.60. The standard InChI is InChI=1S/C22H27FN2O5/c1-3-24-22(27)15-30-19-11-10-16(13-20(19)28-2)14-25-21(26)9-6-12-29-18-8-5-4-7-17(18)23/h4-5,7-8,10-11,13H,3,6,9,12,14-15H2,1-2H3,(H,24,27)(H,25,26). The van der Waals surface area contributed by atoms with Gasteiger partial charge in [0.2, 0.25) is 5.91 Å². The zero-order valence-corrected chi connectivity index (χ0v) is 17.2. The van der Waals surface area contributed by atoms with Gasteiger partial charge in [0.1, 0.15) is 0 Å². The lowest BCUT2D eigenvalue weighted by molar-refractivity contribution is -0.123. The van der Waals surface area contributed by atoms with E-state index in [0.29, 0.717) is 31.0 Å². The minimum atomic E-state index is -0.422. The smallest absolute Gasteiger partial charge is 0.257 e. The van der Waals surface area contributed by atoms with E-state index in [1.165, 1.54) is 13.2 Å². The van der Waals surface area contributed by atoms with Gasteiger partial charge in [0.25, 0.3) is 5.91 Å². The Morgan fingerprint density at radius 1 is 0.967 bits per heavy atom. The van der Waals surface area contributed by atoms with E-state index in [4.69, 9.17) is 14.2 Å². The first-order valence-corrected chi connectivity index (χ1v) is 9.74. The number of benzene rings is 2. The molecule has 2 aromatic carbocycles. The Morgan fingerprint density at radius 3 is 2.50 bits per heavy atom. The Bertz CT molecular complexity index is 844. The molecule has 0 spiro atoms. The Kier molecular flexibility index (Phi) is 9.44. The number of halogens is 1. The molecule has 2 N–H and O–H groups in total. The van der Waals surface area contributed by atoms with Crippen LogP contribution in [0.2, 0.25) is 0 Å². The van der Waals surface area contributed by atoms with E-state index in [0.717, 1.165) is 5.56 Å². The van der Waals surface area contributed by atoms with Crippen LogP contribution in [0.5, 0.6) is 17.2 Å². The molecule has 0 aliphatic heterocycles. The van der Waals surface area contributed by atoms with Gasteiger partial charge >= 0.3 is 0 Å². The van der Waals surface area contributed by atoms with Crippen molar-refractivity contribution in [3.63, 3.8) is 0 Å². The van der Waals surface area contributed by atoms with Crippen LogP contribution in [-0.4, -0.2) is 38.7 Å². The maximum atomic E-state index is 13.5. The molecular weight excluding hydrogens is 391 g/mol. The van der Waals surface area contributed by atoms with E-state index in [1.54, 1.807) is 36.4 Å². The third-order valence-corrected chi connectivity index (χ3v) is 4.09. The second-order valence-corrected chi connectivity index (χ2v) is 6.39. The molecule has 0 atom stereocenters. The Balaban J connectivity index is 1.74. The molecule has 7 nitrogen and oxygen atoms in total. The van der Waals surface area contributed by atoms with Crippen molar-refractivity contribution in [2.24, 2.45) is 0 Å². The zero-order chi connectivity index (χ0) is 21.8. The molecule has 2 amide bonds. The maximum Gasteiger partial charge on any atom is 0.257 e. The van der Waals surface area contributed by atoms with Crippen LogP contribution in [0.25, 0.3) is 0 Å². The van der Waals surface area contributed by atoms with Gasteiger partial charge in [-0.15, -0.1) is 0 Å². The summed E-state index contributed by atoms with van der Waals surface area (Å²) in [5.74, 6) is 0.333. The van der Waals surface area contributed by atoms with Gasteiger partial charge in [-0.05, 0) is 43.2 Å². The van der Waals surface area contributed by atoms with Gasteiger partial charge in [-0.3, -0.25) is 9.59 Å². The molecule has 8 heteroatoms. The number of hydrogen-bond acceptors (Lipinski definition) is 5. The van der Waals surface area contributed by atoms with Crippen molar-refractivity contribution in [3.8, 4) is 17.2 Å². The van der Waals surface area contributed by atoms with Crippen LogP contribution in [0.1, 0.15) is 25.3 Å². The van der Waals surface area contributed by atoms with Crippen LogP contribution in [0.3, 0.4) is 0 Å². The lowest BCUT2D eigenvalue weighted by Crippen LogP contribution is -2.28. The number of carbonyl (C=O) groups excluding carboxylic acids is 2. The first-order chi connectivity index (χ1) is 14.5. The topological polar surface area (TPSA) is 85.9 Å². The number of rotatable bonds is 12. The Morgan fingerprint density at radius 2 is 1.77 bits per heavy atom. The summed E-state index contributed by atoms with van der Waals surface area (Å²) in [7, 11) is 1.51. The van der Waals surface area contributed by atoms with Crippen LogP contribution >= 0.6 is 0 Å². The van der Waals surface area contributed by atoms with Crippen molar-refractivity contribution in [2.45, 2.75) is 26.3 Å². The molecular formula is C22H27FN2O5. The SMILES string of the molecule is CCNC(=O)COc1ccc(CNC(=O)CCCOc2ccccc2F)cc1OC. The van der Waals surface area contributed by atoms with Crippen LogP contribution in [0, 0.1) is 5.82 Å². The molecule has 2 aromatic rings. The number of hydrogen-bond donors (Lipinski definition) is 2. The second kappa shape index (κ2) is 12.3. The van der Waals surface area contributed by atoms with Crippen molar-refractivity contribution in [1.82, 2.24) is 10.6 Å². The van der Waals surface area contributed by atoms with Crippen LogP contribution in [-0.2, 0) is 16.1 Å². The normalized spacial score (nSPS) is 10.2. The Hall–Kier alpha value is -3.29. The quantitative estimate of drug-likeness (QED) is 0.518. The monoisotopic (exact) mass is 418 g/mol. The number of likely N-dealkylation sites (N-methyl/N-ethyl adjacent to an activating group) is 1. The molecule has 0 aliphatic rings. The molecule has 0 unspecified atom stereocenters. The van der Waals surface area contributed by atoms with Crippen molar-refractivity contribution in [2.75, 3.05) is 26.9 Å². The highest BCUT2D eigenvalue weighted by Crippen LogP contribution is 2.28. The average Bonchev–Trinajstić information content (AvgIpc) is 2.75. The molecule has 0 bridgehead atoms. The van der Waals surface area contributed by atoms with Crippen LogP contribution < -0.4 is 24.8 Å². The number of methoxy groups -OCH3 is 1. The number of ether oxygens (including phenoxy) is 3. The minimum absolute atomic E-state index is 0.102. The predicted octanol–water partition coefficient (Wildman–Crippen LogP) is 2.82. The van der Waals surface area contributed by atoms with Gasteiger partial charge in [0.15, 0.2) is 29.7 Å². The summed E-state index contributed by atoms with van der Waals surface area (Å²) in [4.78, 5) is 23.5. The van der Waals surface area contributed by atoms with Crippen LogP contribution in [0.15, 0.2) is 42.5 Å². The summed E-state index contributed by atoms with van der Waals surface area (Å²) in [5, 5.41) is 5.47. The highest BCUT2D eigenvalue weighted by atomic mass is 19.1. The molecule has 0 aromatic heterocycles. The fourth-order valence-electron chi connectivity index (χ4n) is 2.60. The van der Waals surface area contributed by atoms with E-state index in [1.807, 2.05) is 6.92 Å². The predicted molar refractivity (Wildman–Crippen MR) is 110 cm³/mol. The zero-order valence-electron chi connectivity index (χ0n) is 17.2. The highest BCUT2D eigenvalue weighted by Gasteiger charge is 2.09. The first kappa shape index (κ1) is 23.0. The first-order valence-electron chi connectivity index (χ1n) is 9.74. The molecule has 2 rings (SSSR count). The molecule has 0 radical (unpaired) electrons. The van der Waals surface area contributed by atoms with Gasteiger partial charge in [0, 0.05) is 19.5 Å². The van der Waals surface area contributed by atoms with E-state index in [9.17, 15) is 14.0 Å². The van der Waals surface area contributed by atoms with Gasteiger partial charge in [-0.2, -0.15) is 0 Å². The summed E-state index contributed by atoms with van der Waals surface area (Å²) < 4.78 is 29.6. The third-order valence-electron chi connectivity index (χ3n) is 4.09. The number of para-hydroxylation sites is 1. The van der Waals surface area contributed by atoms with Crippen LogP contribution in [0.4, 0.5) is 4.39 Å². The summed E-state index contributed by atoms with van der Waals surface area (Å²) in [6.07, 6.45) is 0.732. The van der Waals surface area contributed by atoms with Crippen molar-refractivity contribution in [3.05, 3.63) is 53.8 Å². The van der Waals surface area contributed by atoms with Gasteiger partial charge < -0.3 is 24.8 Å². The highest BCUT2D eigenvalue weighted by molar-refractivity contribution is 5.77. The second-order valence-electron chi connectivity index (χ2n) is 6.39. The van der Waals surface area contributed by atoms with Crippen molar-refractivity contribution < 1.29 is 28.2 Å². The van der Waals surface area contributed by atoms with Gasteiger partial charge in [0.05, 0.1) is 13.7 Å².